The quantitative estimate of drug-likeness (QED) is 0.776. The van der Waals surface area contributed by atoms with Crippen LogP contribution in [0.1, 0.15) is 44.0 Å². The number of rotatable bonds is 1. The molecule has 110 valence electrons. The molecule has 1 aromatic rings. The average Bonchev–Trinajstić information content (AvgIpc) is 2.40. The molecule has 0 aliphatic carbocycles. The molecule has 0 radical (unpaired) electrons. The molecule has 1 amide bonds. The van der Waals surface area contributed by atoms with E-state index in [0.29, 0.717) is 19.0 Å². The molecule has 0 unspecified atom stereocenters. The van der Waals surface area contributed by atoms with Crippen LogP contribution in [0.2, 0.25) is 0 Å². The van der Waals surface area contributed by atoms with Gasteiger partial charge >= 0.3 is 0 Å². The molecule has 2 N–H and O–H groups in total. The highest BCUT2D eigenvalue weighted by molar-refractivity contribution is 5.97. The van der Waals surface area contributed by atoms with Crippen molar-refractivity contribution >= 4 is 5.91 Å². The van der Waals surface area contributed by atoms with Crippen molar-refractivity contribution in [2.75, 3.05) is 13.1 Å². The molecule has 0 aromatic heterocycles. The Kier molecular flexibility index (Phi) is 3.93. The Morgan fingerprint density at radius 1 is 1.20 bits per heavy atom. The minimum Gasteiger partial charge on any atom is -0.504 e. The van der Waals surface area contributed by atoms with E-state index in [1.54, 1.807) is 17.0 Å². The number of phenolic OH excluding ortho intramolecular Hbond substituents is 2. The van der Waals surface area contributed by atoms with Gasteiger partial charge in [0.15, 0.2) is 11.5 Å². The van der Waals surface area contributed by atoms with Crippen molar-refractivity contribution in [3.8, 4) is 11.5 Å². The maximum Gasteiger partial charge on any atom is 0.257 e. The number of benzene rings is 1. The van der Waals surface area contributed by atoms with Crippen molar-refractivity contribution in [3.63, 3.8) is 0 Å². The van der Waals surface area contributed by atoms with Crippen molar-refractivity contribution in [1.82, 2.24) is 4.90 Å². The number of amides is 1. The zero-order valence-corrected chi connectivity index (χ0v) is 12.4. The van der Waals surface area contributed by atoms with Crippen LogP contribution in [-0.4, -0.2) is 34.1 Å². The lowest BCUT2D eigenvalue weighted by atomic mass is 9.75. The summed E-state index contributed by atoms with van der Waals surface area (Å²) in [7, 11) is 0. The molecule has 20 heavy (non-hydrogen) atoms. The fraction of sp³-hybridized carbons (Fsp3) is 0.562. The number of carbonyl (C=O) groups excluding carboxylic acids is 1. The number of carbonyl (C=O) groups is 1. The van der Waals surface area contributed by atoms with Crippen LogP contribution in [0.3, 0.4) is 0 Å². The van der Waals surface area contributed by atoms with Crippen molar-refractivity contribution in [2.45, 2.75) is 33.6 Å². The van der Waals surface area contributed by atoms with E-state index in [1.807, 2.05) is 0 Å². The first kappa shape index (κ1) is 14.7. The summed E-state index contributed by atoms with van der Waals surface area (Å²) < 4.78 is 0. The predicted octanol–water partition coefficient (Wildman–Crippen LogP) is 3.00. The maximum atomic E-state index is 12.4. The van der Waals surface area contributed by atoms with Crippen LogP contribution in [0, 0.1) is 11.3 Å². The van der Waals surface area contributed by atoms with E-state index >= 15 is 0 Å². The van der Waals surface area contributed by atoms with Gasteiger partial charge < -0.3 is 15.1 Å². The number of aromatic hydroxyl groups is 2. The van der Waals surface area contributed by atoms with Crippen LogP contribution in [-0.2, 0) is 0 Å². The molecule has 4 heteroatoms. The topological polar surface area (TPSA) is 60.8 Å². The SMILES string of the molecule is CC(C)(C)C1CCN(C(=O)c2cccc(O)c2O)CC1. The molecular formula is C16H23NO3. The number of piperidine rings is 1. The average molecular weight is 277 g/mol. The zero-order chi connectivity index (χ0) is 14.9. The Morgan fingerprint density at radius 2 is 1.80 bits per heavy atom. The van der Waals surface area contributed by atoms with Gasteiger partial charge in [-0.3, -0.25) is 4.79 Å². The van der Waals surface area contributed by atoms with Gasteiger partial charge in [0.05, 0.1) is 5.56 Å². The highest BCUT2D eigenvalue weighted by Gasteiger charge is 2.31. The molecule has 1 aliphatic heterocycles. The Bertz CT molecular complexity index is 497. The van der Waals surface area contributed by atoms with E-state index in [9.17, 15) is 15.0 Å². The van der Waals surface area contributed by atoms with Crippen LogP contribution in [0.4, 0.5) is 0 Å². The summed E-state index contributed by atoms with van der Waals surface area (Å²) in [6.07, 6.45) is 1.96. The van der Waals surface area contributed by atoms with Crippen LogP contribution < -0.4 is 0 Å². The summed E-state index contributed by atoms with van der Waals surface area (Å²) in [5.74, 6) is -0.161. The standard InChI is InChI=1S/C16H23NO3/c1-16(2,3)11-7-9-17(10-8-11)15(20)12-5-4-6-13(18)14(12)19/h4-6,11,18-19H,7-10H2,1-3H3. The first-order chi connectivity index (χ1) is 9.30. The van der Waals surface area contributed by atoms with Crippen LogP contribution >= 0.6 is 0 Å². The molecule has 1 aliphatic rings. The summed E-state index contributed by atoms with van der Waals surface area (Å²) in [6, 6.07) is 4.50. The number of hydrogen-bond acceptors (Lipinski definition) is 3. The zero-order valence-electron chi connectivity index (χ0n) is 12.4. The molecule has 0 saturated carbocycles. The first-order valence-electron chi connectivity index (χ1n) is 7.11. The van der Waals surface area contributed by atoms with Gasteiger partial charge in [0.25, 0.3) is 5.91 Å². The molecule has 1 aromatic carbocycles. The largest absolute Gasteiger partial charge is 0.504 e. The van der Waals surface area contributed by atoms with Crippen molar-refractivity contribution in [3.05, 3.63) is 23.8 Å². The van der Waals surface area contributed by atoms with Crippen LogP contribution in [0.15, 0.2) is 18.2 Å². The molecule has 1 saturated heterocycles. The fourth-order valence-electron chi connectivity index (χ4n) is 2.82. The molecule has 2 rings (SSSR count). The lowest BCUT2D eigenvalue weighted by Crippen LogP contribution is -2.41. The maximum absolute atomic E-state index is 12.4. The lowest BCUT2D eigenvalue weighted by molar-refractivity contribution is 0.0605. The van der Waals surface area contributed by atoms with Gasteiger partial charge in [-0.1, -0.05) is 26.8 Å². The third kappa shape index (κ3) is 2.89. The third-order valence-corrected chi connectivity index (χ3v) is 4.25. The highest BCUT2D eigenvalue weighted by Crippen LogP contribution is 2.35. The van der Waals surface area contributed by atoms with E-state index in [-0.39, 0.29) is 28.4 Å². The molecule has 4 nitrogen and oxygen atoms in total. The predicted molar refractivity (Wildman–Crippen MR) is 77.9 cm³/mol. The summed E-state index contributed by atoms with van der Waals surface area (Å²) >= 11 is 0. The van der Waals surface area contributed by atoms with Crippen molar-refractivity contribution < 1.29 is 15.0 Å². The summed E-state index contributed by atoms with van der Waals surface area (Å²) in [5, 5.41) is 19.3. The second kappa shape index (κ2) is 5.35. The molecule has 0 bridgehead atoms. The molecule has 1 heterocycles. The van der Waals surface area contributed by atoms with Crippen LogP contribution in [0.5, 0.6) is 11.5 Å². The van der Waals surface area contributed by atoms with E-state index < -0.39 is 0 Å². The van der Waals surface area contributed by atoms with Crippen molar-refractivity contribution in [2.24, 2.45) is 11.3 Å². The second-order valence-electron chi connectivity index (χ2n) is 6.61. The number of phenols is 2. The van der Waals surface area contributed by atoms with Gasteiger partial charge in [-0.25, -0.2) is 0 Å². The van der Waals surface area contributed by atoms with Gasteiger partial charge in [0.1, 0.15) is 0 Å². The monoisotopic (exact) mass is 277 g/mol. The normalized spacial score (nSPS) is 17.2. The van der Waals surface area contributed by atoms with Gasteiger partial charge in [-0.15, -0.1) is 0 Å². The van der Waals surface area contributed by atoms with Gasteiger partial charge in [0, 0.05) is 13.1 Å². The summed E-state index contributed by atoms with van der Waals surface area (Å²) in [4.78, 5) is 14.1. The Balaban J connectivity index is 2.07. The van der Waals surface area contributed by atoms with Gasteiger partial charge in [0.2, 0.25) is 0 Å². The smallest absolute Gasteiger partial charge is 0.257 e. The number of hydrogen-bond donors (Lipinski definition) is 2. The van der Waals surface area contributed by atoms with E-state index in [1.165, 1.54) is 6.07 Å². The Hall–Kier alpha value is -1.71. The first-order valence-corrected chi connectivity index (χ1v) is 7.11. The molecule has 0 spiro atoms. The Labute approximate surface area is 120 Å². The number of likely N-dealkylation sites (tertiary alicyclic amines) is 1. The van der Waals surface area contributed by atoms with E-state index in [0.717, 1.165) is 12.8 Å². The van der Waals surface area contributed by atoms with Crippen LogP contribution in [0.25, 0.3) is 0 Å². The minimum atomic E-state index is -0.324. The summed E-state index contributed by atoms with van der Waals surface area (Å²) in [6.45, 7) is 8.11. The van der Waals surface area contributed by atoms with Gasteiger partial charge in [-0.2, -0.15) is 0 Å². The Morgan fingerprint density at radius 3 is 2.35 bits per heavy atom. The molecular weight excluding hydrogens is 254 g/mol. The fourth-order valence-corrected chi connectivity index (χ4v) is 2.82. The lowest BCUT2D eigenvalue weighted by Gasteiger charge is -2.38. The molecule has 1 fully saturated rings. The van der Waals surface area contributed by atoms with Gasteiger partial charge in [-0.05, 0) is 36.3 Å². The second-order valence-corrected chi connectivity index (χ2v) is 6.61. The van der Waals surface area contributed by atoms with Crippen molar-refractivity contribution in [1.29, 1.82) is 0 Å². The highest BCUT2D eigenvalue weighted by atomic mass is 16.3. The third-order valence-electron chi connectivity index (χ3n) is 4.25. The minimum absolute atomic E-state index is 0.180. The van der Waals surface area contributed by atoms with E-state index in [2.05, 4.69) is 20.8 Å². The van der Waals surface area contributed by atoms with E-state index in [4.69, 9.17) is 0 Å². The number of nitrogens with zero attached hydrogens (tertiary/aromatic N) is 1. The number of para-hydroxylation sites is 1. The summed E-state index contributed by atoms with van der Waals surface area (Å²) in [5.41, 5.74) is 0.446. The molecule has 0 atom stereocenters.